The number of aromatic nitrogens is 1. The fourth-order valence-electron chi connectivity index (χ4n) is 2.78. The molecule has 2 N–H and O–H groups in total. The standard InChI is InChI=1S/C14H17ClN2O/c1-17-7-9(14(8-16)5-6-14)12-11(18-2)4-3-10(15)13(12)17/h3-4,7H,5-6,8,16H2,1-2H3. The number of methoxy groups -OCH3 is 1. The zero-order chi connectivity index (χ0) is 12.9. The molecular formula is C14H17ClN2O. The van der Waals surface area contributed by atoms with Crippen LogP contribution < -0.4 is 10.5 Å². The molecule has 0 saturated heterocycles. The van der Waals surface area contributed by atoms with Gasteiger partial charge in [0.15, 0.2) is 0 Å². The second kappa shape index (κ2) is 3.90. The molecule has 1 aromatic carbocycles. The van der Waals surface area contributed by atoms with Crippen LogP contribution in [0, 0.1) is 0 Å². The molecule has 0 unspecified atom stereocenters. The van der Waals surface area contributed by atoms with E-state index in [0.717, 1.165) is 34.5 Å². The van der Waals surface area contributed by atoms with E-state index in [1.165, 1.54) is 5.56 Å². The van der Waals surface area contributed by atoms with Crippen LogP contribution in [-0.2, 0) is 12.5 Å². The minimum Gasteiger partial charge on any atom is -0.496 e. The maximum atomic E-state index is 6.31. The first kappa shape index (κ1) is 11.9. The van der Waals surface area contributed by atoms with E-state index in [9.17, 15) is 0 Å². The summed E-state index contributed by atoms with van der Waals surface area (Å²) in [5.74, 6) is 0.879. The van der Waals surface area contributed by atoms with Crippen molar-refractivity contribution in [2.45, 2.75) is 18.3 Å². The Labute approximate surface area is 111 Å². The highest BCUT2D eigenvalue weighted by atomic mass is 35.5. The van der Waals surface area contributed by atoms with Crippen LogP contribution in [0.15, 0.2) is 18.3 Å². The highest BCUT2D eigenvalue weighted by Gasteiger charge is 2.45. The number of halogens is 1. The van der Waals surface area contributed by atoms with Crippen molar-refractivity contribution in [3.8, 4) is 5.75 Å². The van der Waals surface area contributed by atoms with E-state index in [4.69, 9.17) is 22.1 Å². The van der Waals surface area contributed by atoms with E-state index in [-0.39, 0.29) is 5.41 Å². The van der Waals surface area contributed by atoms with Crippen LogP contribution in [0.3, 0.4) is 0 Å². The van der Waals surface area contributed by atoms with Crippen LogP contribution in [0.2, 0.25) is 5.02 Å². The maximum Gasteiger partial charge on any atom is 0.128 e. The lowest BCUT2D eigenvalue weighted by Gasteiger charge is -2.13. The Morgan fingerprint density at radius 2 is 2.17 bits per heavy atom. The lowest BCUT2D eigenvalue weighted by Crippen LogP contribution is -2.19. The quantitative estimate of drug-likeness (QED) is 0.926. The summed E-state index contributed by atoms with van der Waals surface area (Å²) in [4.78, 5) is 0. The van der Waals surface area contributed by atoms with Crippen molar-refractivity contribution in [2.75, 3.05) is 13.7 Å². The molecule has 0 radical (unpaired) electrons. The molecule has 0 aliphatic heterocycles. The molecule has 4 heteroatoms. The lowest BCUT2D eigenvalue weighted by atomic mass is 9.95. The molecule has 18 heavy (non-hydrogen) atoms. The van der Waals surface area contributed by atoms with Crippen molar-refractivity contribution in [1.82, 2.24) is 4.57 Å². The highest BCUT2D eigenvalue weighted by molar-refractivity contribution is 6.35. The van der Waals surface area contributed by atoms with Gasteiger partial charge in [0, 0.05) is 30.6 Å². The van der Waals surface area contributed by atoms with Crippen LogP contribution in [0.1, 0.15) is 18.4 Å². The molecule has 2 aromatic rings. The first-order chi connectivity index (χ1) is 8.63. The van der Waals surface area contributed by atoms with E-state index in [0.29, 0.717) is 6.54 Å². The largest absolute Gasteiger partial charge is 0.496 e. The van der Waals surface area contributed by atoms with Gasteiger partial charge in [-0.15, -0.1) is 0 Å². The zero-order valence-electron chi connectivity index (χ0n) is 10.7. The molecule has 1 heterocycles. The fraction of sp³-hybridized carbons (Fsp3) is 0.429. The van der Waals surface area contributed by atoms with Crippen LogP contribution in [0.4, 0.5) is 0 Å². The molecule has 1 fully saturated rings. The number of hydrogen-bond donors (Lipinski definition) is 1. The van der Waals surface area contributed by atoms with Gasteiger partial charge in [0.2, 0.25) is 0 Å². The molecule has 0 bridgehead atoms. The van der Waals surface area contributed by atoms with Crippen molar-refractivity contribution >= 4 is 22.5 Å². The van der Waals surface area contributed by atoms with E-state index >= 15 is 0 Å². The summed E-state index contributed by atoms with van der Waals surface area (Å²) in [6.07, 6.45) is 4.45. The molecule has 1 aliphatic rings. The monoisotopic (exact) mass is 264 g/mol. The van der Waals surface area contributed by atoms with Gasteiger partial charge in [-0.05, 0) is 30.5 Å². The number of fused-ring (bicyclic) bond motifs is 1. The fourth-order valence-corrected chi connectivity index (χ4v) is 3.07. The Kier molecular flexibility index (Phi) is 2.57. The summed E-state index contributed by atoms with van der Waals surface area (Å²) < 4.78 is 7.57. The number of rotatable bonds is 3. The summed E-state index contributed by atoms with van der Waals surface area (Å²) in [7, 11) is 3.71. The Bertz CT molecular complexity index is 614. The third-order valence-electron chi connectivity index (χ3n) is 4.07. The molecule has 1 aliphatic carbocycles. The van der Waals surface area contributed by atoms with E-state index in [2.05, 4.69) is 10.8 Å². The van der Waals surface area contributed by atoms with E-state index < -0.39 is 0 Å². The predicted molar refractivity (Wildman–Crippen MR) is 74.4 cm³/mol. The van der Waals surface area contributed by atoms with Crippen molar-refractivity contribution in [1.29, 1.82) is 0 Å². The molecule has 3 rings (SSSR count). The second-order valence-electron chi connectivity index (χ2n) is 5.11. The Hall–Kier alpha value is -1.19. The first-order valence-electron chi connectivity index (χ1n) is 6.15. The van der Waals surface area contributed by atoms with Gasteiger partial charge in [0.05, 0.1) is 17.6 Å². The number of benzene rings is 1. The predicted octanol–water partition coefficient (Wildman–Crippen LogP) is 2.83. The average Bonchev–Trinajstić information content (AvgIpc) is 3.09. The molecule has 0 atom stereocenters. The Morgan fingerprint density at radius 1 is 1.44 bits per heavy atom. The minimum absolute atomic E-state index is 0.136. The third-order valence-corrected chi connectivity index (χ3v) is 4.38. The van der Waals surface area contributed by atoms with Gasteiger partial charge in [0.1, 0.15) is 5.75 Å². The lowest BCUT2D eigenvalue weighted by molar-refractivity contribution is 0.419. The van der Waals surface area contributed by atoms with Crippen LogP contribution in [0.25, 0.3) is 10.9 Å². The summed E-state index contributed by atoms with van der Waals surface area (Å²) in [5.41, 5.74) is 8.40. The van der Waals surface area contributed by atoms with Gasteiger partial charge in [0.25, 0.3) is 0 Å². The Morgan fingerprint density at radius 3 is 2.72 bits per heavy atom. The van der Waals surface area contributed by atoms with Crippen molar-refractivity contribution in [3.63, 3.8) is 0 Å². The van der Waals surface area contributed by atoms with Gasteiger partial charge >= 0.3 is 0 Å². The van der Waals surface area contributed by atoms with Crippen molar-refractivity contribution in [2.24, 2.45) is 12.8 Å². The minimum atomic E-state index is 0.136. The van der Waals surface area contributed by atoms with Gasteiger partial charge in [-0.1, -0.05) is 11.6 Å². The van der Waals surface area contributed by atoms with Gasteiger partial charge < -0.3 is 15.0 Å². The molecule has 1 saturated carbocycles. The number of hydrogen-bond acceptors (Lipinski definition) is 2. The van der Waals surface area contributed by atoms with Crippen molar-refractivity contribution < 1.29 is 4.74 Å². The van der Waals surface area contributed by atoms with Crippen molar-refractivity contribution in [3.05, 3.63) is 28.9 Å². The molecule has 3 nitrogen and oxygen atoms in total. The molecule has 0 spiro atoms. The summed E-state index contributed by atoms with van der Waals surface area (Å²) in [6.45, 7) is 0.682. The number of nitrogens with two attached hydrogens (primary N) is 1. The SMILES string of the molecule is COc1ccc(Cl)c2c1c(C1(CN)CC1)cn2C. The summed E-state index contributed by atoms with van der Waals surface area (Å²) in [5, 5.41) is 1.88. The third kappa shape index (κ3) is 1.47. The van der Waals surface area contributed by atoms with Gasteiger partial charge in [-0.3, -0.25) is 0 Å². The number of aryl methyl sites for hydroxylation is 1. The van der Waals surface area contributed by atoms with Gasteiger partial charge in [-0.25, -0.2) is 0 Å². The zero-order valence-corrected chi connectivity index (χ0v) is 11.4. The normalized spacial score (nSPS) is 17.1. The summed E-state index contributed by atoms with van der Waals surface area (Å²) >= 11 is 6.31. The van der Waals surface area contributed by atoms with Crippen LogP contribution in [-0.4, -0.2) is 18.2 Å². The molecule has 1 aromatic heterocycles. The van der Waals surface area contributed by atoms with Crippen LogP contribution in [0.5, 0.6) is 5.75 Å². The topological polar surface area (TPSA) is 40.2 Å². The molecular weight excluding hydrogens is 248 g/mol. The Balaban J connectivity index is 2.36. The maximum absolute atomic E-state index is 6.31. The highest BCUT2D eigenvalue weighted by Crippen LogP contribution is 2.52. The molecule has 0 amide bonds. The average molecular weight is 265 g/mol. The first-order valence-corrected chi connectivity index (χ1v) is 6.53. The number of ether oxygens (including phenoxy) is 1. The van der Waals surface area contributed by atoms with E-state index in [1.807, 2.05) is 19.2 Å². The number of nitrogens with zero attached hydrogens (tertiary/aromatic N) is 1. The summed E-state index contributed by atoms with van der Waals surface area (Å²) in [6, 6.07) is 3.81. The van der Waals surface area contributed by atoms with Gasteiger partial charge in [-0.2, -0.15) is 0 Å². The van der Waals surface area contributed by atoms with E-state index in [1.54, 1.807) is 7.11 Å². The molecule has 96 valence electrons. The second-order valence-corrected chi connectivity index (χ2v) is 5.52. The smallest absolute Gasteiger partial charge is 0.128 e. The van der Waals surface area contributed by atoms with Crippen LogP contribution >= 0.6 is 11.6 Å².